The van der Waals surface area contributed by atoms with Crippen LogP contribution in [-0.2, 0) is 13.1 Å². The van der Waals surface area contributed by atoms with Gasteiger partial charge in [-0.2, -0.15) is 0 Å². The summed E-state index contributed by atoms with van der Waals surface area (Å²) in [5.74, 6) is 0. The van der Waals surface area contributed by atoms with E-state index in [1.54, 1.807) is 6.33 Å². The van der Waals surface area contributed by atoms with Gasteiger partial charge in [0, 0.05) is 36.9 Å². The molecule has 1 aliphatic rings. The highest BCUT2D eigenvalue weighted by molar-refractivity contribution is 5.79. The van der Waals surface area contributed by atoms with Crippen LogP contribution < -0.4 is 5.32 Å². The SMILES string of the molecule is c1ccc(CN2CCC(NCc3nccc4cncnc34)CC2)cc1. The lowest BCUT2D eigenvalue weighted by molar-refractivity contribution is 0.190. The van der Waals surface area contributed by atoms with Gasteiger partial charge in [0.25, 0.3) is 0 Å². The maximum Gasteiger partial charge on any atom is 0.116 e. The van der Waals surface area contributed by atoms with Crippen LogP contribution in [0.5, 0.6) is 0 Å². The summed E-state index contributed by atoms with van der Waals surface area (Å²) in [6.45, 7) is 4.09. The highest BCUT2D eigenvalue weighted by Crippen LogP contribution is 2.16. The number of pyridine rings is 1. The molecule has 0 aliphatic carbocycles. The van der Waals surface area contributed by atoms with E-state index in [4.69, 9.17) is 0 Å². The maximum atomic E-state index is 4.50. The Labute approximate surface area is 148 Å². The van der Waals surface area contributed by atoms with Crippen molar-refractivity contribution < 1.29 is 0 Å². The number of rotatable bonds is 5. The van der Waals surface area contributed by atoms with Gasteiger partial charge in [-0.15, -0.1) is 0 Å². The molecule has 5 heteroatoms. The van der Waals surface area contributed by atoms with Crippen molar-refractivity contribution >= 4 is 10.9 Å². The summed E-state index contributed by atoms with van der Waals surface area (Å²) >= 11 is 0. The number of likely N-dealkylation sites (tertiary alicyclic amines) is 1. The normalized spacial score (nSPS) is 16.3. The quantitative estimate of drug-likeness (QED) is 0.778. The van der Waals surface area contributed by atoms with Gasteiger partial charge in [0.05, 0.1) is 11.2 Å². The Hall–Kier alpha value is -2.37. The fraction of sp³-hybridized carbons (Fsp3) is 0.350. The first-order valence-corrected chi connectivity index (χ1v) is 8.92. The molecule has 25 heavy (non-hydrogen) atoms. The average molecular weight is 333 g/mol. The summed E-state index contributed by atoms with van der Waals surface area (Å²) in [4.78, 5) is 15.5. The first kappa shape index (κ1) is 16.1. The molecule has 0 unspecified atom stereocenters. The Bertz CT molecular complexity index is 807. The molecule has 1 aliphatic heterocycles. The van der Waals surface area contributed by atoms with E-state index in [0.717, 1.165) is 42.8 Å². The smallest absolute Gasteiger partial charge is 0.116 e. The van der Waals surface area contributed by atoms with Crippen LogP contribution in [0.1, 0.15) is 24.1 Å². The number of hydrogen-bond donors (Lipinski definition) is 1. The summed E-state index contributed by atoms with van der Waals surface area (Å²) in [5, 5.41) is 4.71. The van der Waals surface area contributed by atoms with Crippen LogP contribution in [0.2, 0.25) is 0 Å². The molecule has 0 radical (unpaired) electrons. The van der Waals surface area contributed by atoms with E-state index < -0.39 is 0 Å². The monoisotopic (exact) mass is 333 g/mol. The number of piperidine rings is 1. The third-order valence-electron chi connectivity index (χ3n) is 4.89. The van der Waals surface area contributed by atoms with Crippen molar-refractivity contribution in [3.05, 3.63) is 66.4 Å². The molecule has 5 nitrogen and oxygen atoms in total. The first-order chi connectivity index (χ1) is 12.4. The van der Waals surface area contributed by atoms with E-state index in [1.807, 2.05) is 18.5 Å². The third kappa shape index (κ3) is 4.00. The molecular weight excluding hydrogens is 310 g/mol. The van der Waals surface area contributed by atoms with Crippen LogP contribution in [0.4, 0.5) is 0 Å². The number of aromatic nitrogens is 3. The molecule has 1 N–H and O–H groups in total. The van der Waals surface area contributed by atoms with Crippen LogP contribution in [-0.4, -0.2) is 39.0 Å². The van der Waals surface area contributed by atoms with Crippen LogP contribution in [0.25, 0.3) is 10.9 Å². The Morgan fingerprint density at radius 3 is 2.72 bits per heavy atom. The summed E-state index contributed by atoms with van der Waals surface area (Å²) < 4.78 is 0. The van der Waals surface area contributed by atoms with E-state index in [2.05, 4.69) is 55.5 Å². The van der Waals surface area contributed by atoms with Gasteiger partial charge >= 0.3 is 0 Å². The van der Waals surface area contributed by atoms with Crippen molar-refractivity contribution in [2.45, 2.75) is 32.0 Å². The second kappa shape index (κ2) is 7.68. The predicted molar refractivity (Wildman–Crippen MR) is 98.9 cm³/mol. The molecule has 1 aromatic carbocycles. The Morgan fingerprint density at radius 2 is 1.88 bits per heavy atom. The Morgan fingerprint density at radius 1 is 1.04 bits per heavy atom. The summed E-state index contributed by atoms with van der Waals surface area (Å²) in [5.41, 5.74) is 3.35. The largest absolute Gasteiger partial charge is 0.308 e. The van der Waals surface area contributed by atoms with Crippen molar-refractivity contribution in [2.75, 3.05) is 13.1 Å². The van der Waals surface area contributed by atoms with Crippen molar-refractivity contribution in [3.63, 3.8) is 0 Å². The topological polar surface area (TPSA) is 53.9 Å². The highest BCUT2D eigenvalue weighted by atomic mass is 15.1. The molecule has 1 saturated heterocycles. The average Bonchev–Trinajstić information content (AvgIpc) is 2.68. The predicted octanol–water partition coefficient (Wildman–Crippen LogP) is 2.78. The molecule has 0 spiro atoms. The molecule has 3 aromatic rings. The molecular formula is C20H23N5. The Kier molecular flexibility index (Phi) is 4.95. The van der Waals surface area contributed by atoms with Gasteiger partial charge in [0.2, 0.25) is 0 Å². The lowest BCUT2D eigenvalue weighted by Crippen LogP contribution is -2.42. The number of benzene rings is 1. The number of nitrogens with zero attached hydrogens (tertiary/aromatic N) is 4. The second-order valence-electron chi connectivity index (χ2n) is 6.64. The van der Waals surface area contributed by atoms with Crippen LogP contribution in [0.3, 0.4) is 0 Å². The van der Waals surface area contributed by atoms with Crippen molar-refractivity contribution in [3.8, 4) is 0 Å². The van der Waals surface area contributed by atoms with E-state index in [1.165, 1.54) is 18.4 Å². The molecule has 2 aromatic heterocycles. The third-order valence-corrected chi connectivity index (χ3v) is 4.89. The molecule has 1 fully saturated rings. The highest BCUT2D eigenvalue weighted by Gasteiger charge is 2.19. The van der Waals surface area contributed by atoms with Gasteiger partial charge in [-0.3, -0.25) is 9.88 Å². The lowest BCUT2D eigenvalue weighted by Gasteiger charge is -2.32. The minimum Gasteiger partial charge on any atom is -0.308 e. The second-order valence-corrected chi connectivity index (χ2v) is 6.64. The number of nitrogens with one attached hydrogen (secondary N) is 1. The minimum atomic E-state index is 0.547. The standard InChI is InChI=1S/C20H23N5/c1-2-4-16(5-3-1)14-25-10-7-18(8-11-25)23-13-19-20-17(6-9-22-19)12-21-15-24-20/h1-6,9,12,15,18,23H,7-8,10-11,13-14H2. The Balaban J connectivity index is 1.30. The minimum absolute atomic E-state index is 0.547. The van der Waals surface area contributed by atoms with E-state index in [0.29, 0.717) is 6.04 Å². The molecule has 0 saturated carbocycles. The molecule has 3 heterocycles. The molecule has 4 rings (SSSR count). The molecule has 128 valence electrons. The van der Waals surface area contributed by atoms with Crippen LogP contribution in [0.15, 0.2) is 55.1 Å². The lowest BCUT2D eigenvalue weighted by atomic mass is 10.0. The van der Waals surface area contributed by atoms with E-state index in [-0.39, 0.29) is 0 Å². The van der Waals surface area contributed by atoms with Gasteiger partial charge in [-0.1, -0.05) is 30.3 Å². The molecule has 0 atom stereocenters. The summed E-state index contributed by atoms with van der Waals surface area (Å²) in [6.07, 6.45) is 7.62. The molecule has 0 amide bonds. The van der Waals surface area contributed by atoms with E-state index in [9.17, 15) is 0 Å². The summed E-state index contributed by atoms with van der Waals surface area (Å²) in [6, 6.07) is 13.2. The zero-order chi connectivity index (χ0) is 16.9. The van der Waals surface area contributed by atoms with Gasteiger partial charge in [0.1, 0.15) is 6.33 Å². The zero-order valence-electron chi connectivity index (χ0n) is 14.3. The van der Waals surface area contributed by atoms with Gasteiger partial charge in [-0.25, -0.2) is 9.97 Å². The van der Waals surface area contributed by atoms with Gasteiger partial charge in [0.15, 0.2) is 0 Å². The fourth-order valence-electron chi connectivity index (χ4n) is 3.48. The first-order valence-electron chi connectivity index (χ1n) is 8.92. The zero-order valence-corrected chi connectivity index (χ0v) is 14.3. The number of hydrogen-bond acceptors (Lipinski definition) is 5. The summed E-state index contributed by atoms with van der Waals surface area (Å²) in [7, 11) is 0. The van der Waals surface area contributed by atoms with Crippen molar-refractivity contribution in [2.24, 2.45) is 0 Å². The number of fused-ring (bicyclic) bond motifs is 1. The van der Waals surface area contributed by atoms with Crippen LogP contribution in [0, 0.1) is 0 Å². The van der Waals surface area contributed by atoms with Crippen molar-refractivity contribution in [1.29, 1.82) is 0 Å². The fourth-order valence-corrected chi connectivity index (χ4v) is 3.48. The van der Waals surface area contributed by atoms with Crippen LogP contribution >= 0.6 is 0 Å². The van der Waals surface area contributed by atoms with Crippen molar-refractivity contribution in [1.82, 2.24) is 25.2 Å². The molecule has 0 bridgehead atoms. The maximum absolute atomic E-state index is 4.50. The van der Waals surface area contributed by atoms with Gasteiger partial charge in [-0.05, 0) is 37.6 Å². The van der Waals surface area contributed by atoms with Gasteiger partial charge < -0.3 is 5.32 Å². The van der Waals surface area contributed by atoms with E-state index >= 15 is 0 Å².